The number of thiophene rings is 1. The number of aromatic nitrogens is 2. The molecule has 0 saturated heterocycles. The number of nitriles is 1. The highest BCUT2D eigenvalue weighted by Crippen LogP contribution is 2.31. The molecule has 26 heavy (non-hydrogen) atoms. The Hall–Kier alpha value is -2.69. The molecule has 0 atom stereocenters. The molecule has 6 nitrogen and oxygen atoms in total. The number of halogens is 1. The van der Waals surface area contributed by atoms with Crippen molar-refractivity contribution in [2.24, 2.45) is 0 Å². The van der Waals surface area contributed by atoms with Gasteiger partial charge in [0.25, 0.3) is 0 Å². The summed E-state index contributed by atoms with van der Waals surface area (Å²) in [4.78, 5) is 17.5. The number of aryl methyl sites for hydroxylation is 2. The highest BCUT2D eigenvalue weighted by Gasteiger charge is 2.16. The number of nitrogens with zero attached hydrogens (tertiary/aromatic N) is 3. The second-order valence-electron chi connectivity index (χ2n) is 5.64. The lowest BCUT2D eigenvalue weighted by molar-refractivity contribution is -0.116. The summed E-state index contributed by atoms with van der Waals surface area (Å²) in [6, 6.07) is 9.34. The number of carbonyl (C=O) groups excluding carboxylic acids is 1. The van der Waals surface area contributed by atoms with Crippen molar-refractivity contribution in [3.8, 4) is 17.5 Å². The minimum atomic E-state index is -0.208. The van der Waals surface area contributed by atoms with Crippen molar-refractivity contribution in [1.29, 1.82) is 5.26 Å². The molecule has 1 aromatic carbocycles. The molecule has 2 aromatic heterocycles. The third-order valence-corrected chi connectivity index (χ3v) is 5.35. The predicted octanol–water partition coefficient (Wildman–Crippen LogP) is 4.51. The zero-order chi connectivity index (χ0) is 18.7. The van der Waals surface area contributed by atoms with Gasteiger partial charge in [-0.2, -0.15) is 10.2 Å². The molecule has 0 fully saturated rings. The van der Waals surface area contributed by atoms with Gasteiger partial charge in [-0.05, 0) is 31.5 Å². The standard InChI is InChI=1S/C18H15ClN4O2S/c1-10-11(2)26-18(13(10)9-20)21-15(24)7-8-16-22-17(23-25-16)12-5-3-4-6-14(12)19/h3-6H,7-8H2,1-2H3,(H,21,24). The Balaban J connectivity index is 1.63. The Morgan fingerprint density at radius 2 is 2.15 bits per heavy atom. The number of rotatable bonds is 5. The number of nitrogens with one attached hydrogen (secondary N) is 1. The zero-order valence-corrected chi connectivity index (χ0v) is 15.7. The number of hydrogen-bond acceptors (Lipinski definition) is 6. The molecular weight excluding hydrogens is 372 g/mol. The topological polar surface area (TPSA) is 91.8 Å². The number of carbonyl (C=O) groups is 1. The number of benzene rings is 1. The fourth-order valence-corrected chi connectivity index (χ4v) is 3.61. The summed E-state index contributed by atoms with van der Waals surface area (Å²) in [5, 5.41) is 17.0. The maximum absolute atomic E-state index is 12.2. The van der Waals surface area contributed by atoms with Crippen LogP contribution in [0.1, 0.15) is 28.3 Å². The van der Waals surface area contributed by atoms with E-state index in [1.54, 1.807) is 12.1 Å². The first-order valence-corrected chi connectivity index (χ1v) is 9.06. The van der Waals surface area contributed by atoms with Crippen LogP contribution >= 0.6 is 22.9 Å². The van der Waals surface area contributed by atoms with Crippen LogP contribution in [-0.4, -0.2) is 16.0 Å². The molecule has 0 unspecified atom stereocenters. The fourth-order valence-electron chi connectivity index (χ4n) is 2.37. The van der Waals surface area contributed by atoms with Crippen molar-refractivity contribution >= 4 is 33.8 Å². The van der Waals surface area contributed by atoms with E-state index < -0.39 is 0 Å². The van der Waals surface area contributed by atoms with Crippen LogP contribution in [-0.2, 0) is 11.2 Å². The molecule has 2 heterocycles. The van der Waals surface area contributed by atoms with Crippen LogP contribution in [0.25, 0.3) is 11.4 Å². The molecule has 8 heteroatoms. The Bertz CT molecular complexity index is 1000. The van der Waals surface area contributed by atoms with Gasteiger partial charge in [0.05, 0.1) is 10.6 Å². The summed E-state index contributed by atoms with van der Waals surface area (Å²) in [6.45, 7) is 3.79. The third-order valence-electron chi connectivity index (χ3n) is 3.90. The van der Waals surface area contributed by atoms with Gasteiger partial charge in [-0.1, -0.05) is 28.9 Å². The van der Waals surface area contributed by atoms with Crippen LogP contribution in [0, 0.1) is 25.2 Å². The van der Waals surface area contributed by atoms with Crippen LogP contribution in [0.2, 0.25) is 5.02 Å². The summed E-state index contributed by atoms with van der Waals surface area (Å²) in [5.41, 5.74) is 2.09. The normalized spacial score (nSPS) is 10.5. The Kier molecular flexibility index (Phi) is 5.35. The third kappa shape index (κ3) is 3.77. The smallest absolute Gasteiger partial charge is 0.227 e. The van der Waals surface area contributed by atoms with Crippen molar-refractivity contribution in [2.45, 2.75) is 26.7 Å². The molecule has 0 saturated carbocycles. The van der Waals surface area contributed by atoms with E-state index in [0.717, 1.165) is 10.4 Å². The second-order valence-corrected chi connectivity index (χ2v) is 7.27. The number of amides is 1. The van der Waals surface area contributed by atoms with Gasteiger partial charge in [-0.3, -0.25) is 4.79 Å². The van der Waals surface area contributed by atoms with E-state index in [0.29, 0.717) is 39.3 Å². The van der Waals surface area contributed by atoms with Gasteiger partial charge >= 0.3 is 0 Å². The lowest BCUT2D eigenvalue weighted by atomic mass is 10.2. The lowest BCUT2D eigenvalue weighted by Gasteiger charge is -2.01. The SMILES string of the molecule is Cc1sc(NC(=O)CCc2nc(-c3ccccc3Cl)no2)c(C#N)c1C. The van der Waals surface area contributed by atoms with Crippen molar-refractivity contribution in [3.63, 3.8) is 0 Å². The first-order chi connectivity index (χ1) is 12.5. The average Bonchev–Trinajstić information content (AvgIpc) is 3.19. The van der Waals surface area contributed by atoms with Gasteiger partial charge in [0.2, 0.25) is 17.6 Å². The maximum atomic E-state index is 12.2. The van der Waals surface area contributed by atoms with Crippen molar-refractivity contribution in [1.82, 2.24) is 10.1 Å². The molecule has 1 amide bonds. The molecule has 1 N–H and O–H groups in total. The van der Waals surface area contributed by atoms with Crippen molar-refractivity contribution in [2.75, 3.05) is 5.32 Å². The van der Waals surface area contributed by atoms with E-state index in [-0.39, 0.29) is 12.3 Å². The largest absolute Gasteiger partial charge is 0.339 e. The van der Waals surface area contributed by atoms with Gasteiger partial charge in [0.1, 0.15) is 11.1 Å². The van der Waals surface area contributed by atoms with Crippen LogP contribution in [0.3, 0.4) is 0 Å². The van der Waals surface area contributed by atoms with Gasteiger partial charge in [-0.25, -0.2) is 0 Å². The predicted molar refractivity (Wildman–Crippen MR) is 100 cm³/mol. The molecule has 0 spiro atoms. The Morgan fingerprint density at radius 1 is 1.38 bits per heavy atom. The van der Waals surface area contributed by atoms with Crippen molar-refractivity contribution in [3.05, 3.63) is 51.2 Å². The molecule has 0 bridgehead atoms. The summed E-state index contributed by atoms with van der Waals surface area (Å²) >= 11 is 7.52. The molecule has 132 valence electrons. The summed E-state index contributed by atoms with van der Waals surface area (Å²) in [5.74, 6) is 0.539. The lowest BCUT2D eigenvalue weighted by Crippen LogP contribution is -2.12. The molecule has 3 aromatic rings. The summed E-state index contributed by atoms with van der Waals surface area (Å²) < 4.78 is 5.19. The molecule has 0 aliphatic carbocycles. The van der Waals surface area contributed by atoms with E-state index in [1.807, 2.05) is 26.0 Å². The van der Waals surface area contributed by atoms with E-state index >= 15 is 0 Å². The van der Waals surface area contributed by atoms with E-state index in [9.17, 15) is 10.1 Å². The Morgan fingerprint density at radius 3 is 2.88 bits per heavy atom. The summed E-state index contributed by atoms with van der Waals surface area (Å²) in [6.07, 6.45) is 0.472. The van der Waals surface area contributed by atoms with Crippen LogP contribution in [0.4, 0.5) is 5.00 Å². The maximum Gasteiger partial charge on any atom is 0.227 e. The first kappa shape index (κ1) is 18.1. The minimum Gasteiger partial charge on any atom is -0.339 e. The monoisotopic (exact) mass is 386 g/mol. The quantitative estimate of drug-likeness (QED) is 0.696. The van der Waals surface area contributed by atoms with Gasteiger partial charge in [0.15, 0.2) is 0 Å². The second kappa shape index (κ2) is 7.68. The van der Waals surface area contributed by atoms with Crippen LogP contribution in [0.5, 0.6) is 0 Å². The average molecular weight is 387 g/mol. The van der Waals surface area contributed by atoms with Crippen LogP contribution < -0.4 is 5.32 Å². The molecular formula is C18H15ClN4O2S. The Labute approximate surface area is 159 Å². The van der Waals surface area contributed by atoms with Gasteiger partial charge in [-0.15, -0.1) is 11.3 Å². The number of hydrogen-bond donors (Lipinski definition) is 1. The number of anilines is 1. The minimum absolute atomic E-state index is 0.172. The molecule has 0 aliphatic rings. The first-order valence-electron chi connectivity index (χ1n) is 7.87. The van der Waals surface area contributed by atoms with Crippen LogP contribution in [0.15, 0.2) is 28.8 Å². The van der Waals surface area contributed by atoms with Gasteiger partial charge < -0.3 is 9.84 Å². The van der Waals surface area contributed by atoms with E-state index in [2.05, 4.69) is 21.5 Å². The van der Waals surface area contributed by atoms with Crippen molar-refractivity contribution < 1.29 is 9.32 Å². The fraction of sp³-hybridized carbons (Fsp3) is 0.222. The summed E-state index contributed by atoms with van der Waals surface area (Å²) in [7, 11) is 0. The highest BCUT2D eigenvalue weighted by molar-refractivity contribution is 7.16. The molecule has 0 aliphatic heterocycles. The highest BCUT2D eigenvalue weighted by atomic mass is 35.5. The van der Waals surface area contributed by atoms with Gasteiger partial charge in [0, 0.05) is 23.3 Å². The van der Waals surface area contributed by atoms with E-state index in [1.165, 1.54) is 11.3 Å². The zero-order valence-electron chi connectivity index (χ0n) is 14.2. The molecule has 0 radical (unpaired) electrons. The van der Waals surface area contributed by atoms with E-state index in [4.69, 9.17) is 16.1 Å². The molecule has 3 rings (SSSR count).